The van der Waals surface area contributed by atoms with E-state index in [2.05, 4.69) is 122 Å². The first-order chi connectivity index (χ1) is 23.5. The minimum absolute atomic E-state index is 1.08. The van der Waals surface area contributed by atoms with Gasteiger partial charge in [-0.2, -0.15) is 0 Å². The molecular weight excluding hydrogens is 581 g/mol. The standard InChI is InChI=1S/C34H34N2.6C2H6/c1-8-16-29-30-19-14-15-20-34(30)35(31(29)13-6)25-21-24(7)22-26(23-25)36-32(17-9-2)27(11-4)28(12-5)33(36)18-10-3;6*1-2/h8-23H,4-6H2,1-3,7H3;6*1-2H3/b16-8-,17-9-,18-10-;;;;;;. The molecular formula is C46H70N2. The molecule has 0 spiro atoms. The number of allylic oxidation sites excluding steroid dienone is 3. The predicted molar refractivity (Wildman–Crippen MR) is 230 cm³/mol. The van der Waals surface area contributed by atoms with E-state index in [9.17, 15) is 0 Å². The van der Waals surface area contributed by atoms with E-state index in [1.165, 1.54) is 16.5 Å². The van der Waals surface area contributed by atoms with Crippen LogP contribution in [-0.4, -0.2) is 9.13 Å². The summed E-state index contributed by atoms with van der Waals surface area (Å²) >= 11 is 0. The molecule has 4 aromatic rings. The summed E-state index contributed by atoms with van der Waals surface area (Å²) in [5, 5.41) is 1.21. The molecule has 4 rings (SSSR count). The number of hydrogen-bond donors (Lipinski definition) is 0. The Kier molecular flexibility index (Phi) is 28.9. The van der Waals surface area contributed by atoms with Crippen molar-refractivity contribution in [1.29, 1.82) is 0 Å². The Bertz CT molecular complexity index is 1520. The second-order valence-corrected chi connectivity index (χ2v) is 8.72. The van der Waals surface area contributed by atoms with Crippen LogP contribution in [0.15, 0.2) is 80.4 Å². The van der Waals surface area contributed by atoms with Crippen LogP contribution in [0.2, 0.25) is 0 Å². The highest BCUT2D eigenvalue weighted by molar-refractivity contribution is 5.95. The summed E-state index contributed by atoms with van der Waals surface area (Å²) in [7, 11) is 0. The van der Waals surface area contributed by atoms with Crippen molar-refractivity contribution in [1.82, 2.24) is 9.13 Å². The number of benzene rings is 2. The third-order valence-electron chi connectivity index (χ3n) is 6.42. The molecule has 0 amide bonds. The summed E-state index contributed by atoms with van der Waals surface area (Å²) in [5.41, 5.74) is 11.1. The molecule has 2 heterocycles. The number of fused-ring (bicyclic) bond motifs is 1. The molecule has 0 fully saturated rings. The van der Waals surface area contributed by atoms with Crippen molar-refractivity contribution in [2.45, 2.75) is 111 Å². The van der Waals surface area contributed by atoms with Crippen molar-refractivity contribution in [3.05, 3.63) is 120 Å². The minimum atomic E-state index is 1.08. The summed E-state index contributed by atoms with van der Waals surface area (Å²) in [6.07, 6.45) is 18.5. The van der Waals surface area contributed by atoms with Gasteiger partial charge in [0.2, 0.25) is 0 Å². The molecule has 0 N–H and O–H groups in total. The second kappa shape index (κ2) is 28.9. The van der Waals surface area contributed by atoms with Gasteiger partial charge < -0.3 is 9.13 Å². The molecule has 0 saturated carbocycles. The number of hydrogen-bond acceptors (Lipinski definition) is 0. The first-order valence-electron chi connectivity index (χ1n) is 18.3. The van der Waals surface area contributed by atoms with Crippen molar-refractivity contribution < 1.29 is 0 Å². The topological polar surface area (TPSA) is 9.86 Å². The van der Waals surface area contributed by atoms with Crippen LogP contribution >= 0.6 is 0 Å². The quantitative estimate of drug-likeness (QED) is 0.180. The fourth-order valence-corrected chi connectivity index (χ4v) is 5.11. The lowest BCUT2D eigenvalue weighted by Gasteiger charge is -2.16. The Balaban J connectivity index is -0.00000152. The zero-order valence-electron chi connectivity index (χ0n) is 33.8. The summed E-state index contributed by atoms with van der Waals surface area (Å²) in [6, 6.07) is 15.3. The van der Waals surface area contributed by atoms with Gasteiger partial charge in [-0.25, -0.2) is 0 Å². The van der Waals surface area contributed by atoms with Crippen molar-refractivity contribution >= 4 is 47.4 Å². The molecule has 0 aliphatic heterocycles. The van der Waals surface area contributed by atoms with Gasteiger partial charge in [-0.1, -0.05) is 157 Å². The number of aromatic nitrogens is 2. The van der Waals surface area contributed by atoms with Gasteiger partial charge >= 0.3 is 0 Å². The van der Waals surface area contributed by atoms with Crippen LogP contribution in [0.4, 0.5) is 0 Å². The molecule has 0 aliphatic rings. The van der Waals surface area contributed by atoms with Gasteiger partial charge in [0, 0.05) is 33.5 Å². The van der Waals surface area contributed by atoms with Gasteiger partial charge in [0.25, 0.3) is 0 Å². The highest BCUT2D eigenvalue weighted by Gasteiger charge is 2.20. The van der Waals surface area contributed by atoms with E-state index in [0.29, 0.717) is 0 Å². The predicted octanol–water partition coefficient (Wildman–Crippen LogP) is 15.9. The Morgan fingerprint density at radius 1 is 0.479 bits per heavy atom. The lowest BCUT2D eigenvalue weighted by molar-refractivity contribution is 1.02. The third kappa shape index (κ3) is 11.4. The third-order valence-corrected chi connectivity index (χ3v) is 6.42. The van der Waals surface area contributed by atoms with Crippen LogP contribution < -0.4 is 0 Å². The van der Waals surface area contributed by atoms with Gasteiger partial charge in [-0.05, 0) is 75.8 Å². The van der Waals surface area contributed by atoms with Crippen molar-refractivity contribution in [2.75, 3.05) is 0 Å². The second-order valence-electron chi connectivity index (χ2n) is 8.72. The zero-order chi connectivity index (χ0) is 37.8. The number of para-hydroxylation sites is 1. The van der Waals surface area contributed by atoms with Crippen molar-refractivity contribution in [2.24, 2.45) is 0 Å². The molecule has 2 heteroatoms. The van der Waals surface area contributed by atoms with Crippen LogP contribution in [-0.2, 0) is 0 Å². The van der Waals surface area contributed by atoms with Crippen molar-refractivity contribution in [3.8, 4) is 11.4 Å². The largest absolute Gasteiger partial charge is 0.309 e. The Morgan fingerprint density at radius 3 is 1.29 bits per heavy atom. The van der Waals surface area contributed by atoms with E-state index in [-0.39, 0.29) is 0 Å². The van der Waals surface area contributed by atoms with E-state index >= 15 is 0 Å². The average molecular weight is 651 g/mol. The maximum atomic E-state index is 4.17. The molecule has 0 aliphatic carbocycles. The summed E-state index contributed by atoms with van der Waals surface area (Å²) < 4.78 is 4.61. The average Bonchev–Trinajstić information content (AvgIpc) is 3.64. The van der Waals surface area contributed by atoms with Crippen LogP contribution in [0, 0.1) is 6.92 Å². The molecule has 264 valence electrons. The SMILES string of the molecule is C=Cc1c(C=C)c(/C=C\C)n(-c2cc(C)cc(-n3c(C=C)c(/C=C\C)c4ccccc43)c2)c1/C=C\C.CC.CC.CC.CC.CC.CC. The summed E-state index contributed by atoms with van der Waals surface area (Å²) in [6.45, 7) is 44.7. The lowest BCUT2D eigenvalue weighted by Crippen LogP contribution is -2.04. The highest BCUT2D eigenvalue weighted by Crippen LogP contribution is 2.35. The smallest absolute Gasteiger partial charge is 0.0541 e. The van der Waals surface area contributed by atoms with Gasteiger partial charge in [0.1, 0.15) is 0 Å². The molecule has 0 saturated heterocycles. The maximum Gasteiger partial charge on any atom is 0.0541 e. The van der Waals surface area contributed by atoms with Gasteiger partial charge in [0.15, 0.2) is 0 Å². The molecule has 48 heavy (non-hydrogen) atoms. The monoisotopic (exact) mass is 651 g/mol. The number of rotatable bonds is 8. The van der Waals surface area contributed by atoms with E-state index in [4.69, 9.17) is 0 Å². The molecule has 0 radical (unpaired) electrons. The van der Waals surface area contributed by atoms with Gasteiger partial charge in [-0.15, -0.1) is 0 Å². The van der Waals surface area contributed by atoms with Crippen LogP contribution in [0.1, 0.15) is 143 Å². The number of aryl methyl sites for hydroxylation is 1. The molecule has 2 nitrogen and oxygen atoms in total. The fourth-order valence-electron chi connectivity index (χ4n) is 5.11. The van der Waals surface area contributed by atoms with Crippen LogP contribution in [0.3, 0.4) is 0 Å². The molecule has 0 bridgehead atoms. The Morgan fingerprint density at radius 2 is 0.896 bits per heavy atom. The fraction of sp³-hybridized carbons (Fsp3) is 0.348. The zero-order valence-corrected chi connectivity index (χ0v) is 33.8. The minimum Gasteiger partial charge on any atom is -0.309 e. The van der Waals surface area contributed by atoms with E-state index < -0.39 is 0 Å². The number of nitrogens with zero attached hydrogens (tertiary/aromatic N) is 2. The van der Waals surface area contributed by atoms with Crippen molar-refractivity contribution in [3.63, 3.8) is 0 Å². The molecule has 2 aromatic heterocycles. The normalized spacial score (nSPS) is 9.67. The highest BCUT2D eigenvalue weighted by atomic mass is 15.0. The van der Waals surface area contributed by atoms with Gasteiger partial charge in [0.05, 0.1) is 22.6 Å². The van der Waals surface area contributed by atoms with Crippen LogP contribution in [0.5, 0.6) is 0 Å². The van der Waals surface area contributed by atoms with E-state index in [1.807, 2.05) is 115 Å². The van der Waals surface area contributed by atoms with Crippen LogP contribution in [0.25, 0.3) is 58.7 Å². The molecule has 0 unspecified atom stereocenters. The first kappa shape index (κ1) is 48.1. The first-order valence-corrected chi connectivity index (χ1v) is 18.3. The Labute approximate surface area is 297 Å². The Hall–Kier alpha value is -4.30. The van der Waals surface area contributed by atoms with E-state index in [0.717, 1.165) is 45.1 Å². The molecule has 0 atom stereocenters. The summed E-state index contributed by atoms with van der Waals surface area (Å²) in [4.78, 5) is 0. The summed E-state index contributed by atoms with van der Waals surface area (Å²) in [5.74, 6) is 0. The van der Waals surface area contributed by atoms with Gasteiger partial charge in [-0.3, -0.25) is 0 Å². The van der Waals surface area contributed by atoms with E-state index in [1.54, 1.807) is 0 Å². The molecule has 2 aromatic carbocycles. The maximum absolute atomic E-state index is 4.17. The lowest BCUT2D eigenvalue weighted by atomic mass is 10.1.